The molecule has 6 nitrogen and oxygen atoms in total. The maximum absolute atomic E-state index is 12.4. The minimum atomic E-state index is 0.0275. The number of anilines is 1. The minimum absolute atomic E-state index is 0.0275. The number of aromatic nitrogens is 2. The van der Waals surface area contributed by atoms with Crippen LogP contribution >= 0.6 is 0 Å². The average Bonchev–Trinajstić information content (AvgIpc) is 2.83. The van der Waals surface area contributed by atoms with Crippen molar-refractivity contribution in [1.82, 2.24) is 9.78 Å². The molecular formula is C17H23N3O3. The highest BCUT2D eigenvalue weighted by molar-refractivity contribution is 5.96. The average molecular weight is 317 g/mol. The quantitative estimate of drug-likeness (QED) is 0.941. The lowest BCUT2D eigenvalue weighted by molar-refractivity contribution is -0.122. The van der Waals surface area contributed by atoms with Gasteiger partial charge in [-0.15, -0.1) is 5.10 Å². The van der Waals surface area contributed by atoms with Gasteiger partial charge < -0.3 is 14.8 Å². The molecule has 2 aromatic rings. The van der Waals surface area contributed by atoms with Crippen molar-refractivity contribution in [2.75, 3.05) is 18.5 Å². The lowest BCUT2D eigenvalue weighted by Crippen LogP contribution is -2.28. The molecule has 0 saturated carbocycles. The fourth-order valence-corrected chi connectivity index (χ4v) is 2.83. The molecule has 124 valence electrons. The summed E-state index contributed by atoms with van der Waals surface area (Å²) in [5.41, 5.74) is 1.75. The molecule has 1 N–H and O–H groups in total. The Labute approximate surface area is 135 Å². The Morgan fingerprint density at radius 2 is 2.13 bits per heavy atom. The standard InChI is InChI=1S/C17H23N3O3/c1-11(2)23-17-14-10-13(4-5-15(14)20(3)19-17)18-16(21)12-6-8-22-9-7-12/h4-5,10-12H,6-9H2,1-3H3,(H,18,21). The van der Waals surface area contributed by atoms with Gasteiger partial charge >= 0.3 is 0 Å². The van der Waals surface area contributed by atoms with Crippen molar-refractivity contribution in [3.63, 3.8) is 0 Å². The van der Waals surface area contributed by atoms with Crippen LogP contribution in [0.25, 0.3) is 10.9 Å². The lowest BCUT2D eigenvalue weighted by atomic mass is 9.99. The molecule has 0 aliphatic carbocycles. The topological polar surface area (TPSA) is 65.4 Å². The molecular weight excluding hydrogens is 294 g/mol. The number of nitrogens with one attached hydrogen (secondary N) is 1. The Morgan fingerprint density at radius 1 is 1.39 bits per heavy atom. The van der Waals surface area contributed by atoms with E-state index in [1.807, 2.05) is 39.1 Å². The van der Waals surface area contributed by atoms with E-state index in [4.69, 9.17) is 9.47 Å². The Kier molecular flexibility index (Phi) is 4.52. The molecule has 0 radical (unpaired) electrons. The smallest absolute Gasteiger partial charge is 0.241 e. The van der Waals surface area contributed by atoms with Crippen LogP contribution in [-0.4, -0.2) is 35.0 Å². The first-order chi connectivity index (χ1) is 11.0. The second kappa shape index (κ2) is 6.58. The van der Waals surface area contributed by atoms with Crippen LogP contribution in [0.15, 0.2) is 18.2 Å². The van der Waals surface area contributed by atoms with E-state index in [0.29, 0.717) is 19.1 Å². The van der Waals surface area contributed by atoms with E-state index in [0.717, 1.165) is 29.4 Å². The number of carbonyl (C=O) groups excluding carboxylic acids is 1. The van der Waals surface area contributed by atoms with Crippen molar-refractivity contribution in [3.05, 3.63) is 18.2 Å². The number of rotatable bonds is 4. The minimum Gasteiger partial charge on any atom is -0.473 e. The monoisotopic (exact) mass is 317 g/mol. The molecule has 1 aliphatic rings. The highest BCUT2D eigenvalue weighted by atomic mass is 16.5. The highest BCUT2D eigenvalue weighted by Gasteiger charge is 2.22. The first-order valence-electron chi connectivity index (χ1n) is 8.06. The molecule has 0 atom stereocenters. The second-order valence-electron chi connectivity index (χ2n) is 6.20. The predicted octanol–water partition coefficient (Wildman–Crippen LogP) is 2.73. The van der Waals surface area contributed by atoms with Crippen molar-refractivity contribution >= 4 is 22.5 Å². The van der Waals surface area contributed by atoms with E-state index in [1.54, 1.807) is 4.68 Å². The number of hydrogen-bond acceptors (Lipinski definition) is 4. The van der Waals surface area contributed by atoms with Crippen LogP contribution in [-0.2, 0) is 16.6 Å². The van der Waals surface area contributed by atoms with Gasteiger partial charge in [0.05, 0.1) is 17.0 Å². The Morgan fingerprint density at radius 3 is 2.83 bits per heavy atom. The SMILES string of the molecule is CC(C)Oc1nn(C)c2ccc(NC(=O)C3CCOCC3)cc12. The van der Waals surface area contributed by atoms with Crippen LogP contribution in [0.3, 0.4) is 0 Å². The molecule has 0 bridgehead atoms. The van der Waals surface area contributed by atoms with Crippen molar-refractivity contribution in [2.45, 2.75) is 32.8 Å². The maximum Gasteiger partial charge on any atom is 0.241 e. The number of aryl methyl sites for hydroxylation is 1. The Bertz CT molecular complexity index is 702. The summed E-state index contributed by atoms with van der Waals surface area (Å²) in [6.07, 6.45) is 1.61. The third-order valence-corrected chi connectivity index (χ3v) is 4.02. The van der Waals surface area contributed by atoms with E-state index in [-0.39, 0.29) is 17.9 Å². The fraction of sp³-hybridized carbons (Fsp3) is 0.529. The number of fused-ring (bicyclic) bond motifs is 1. The molecule has 1 aromatic heterocycles. The van der Waals surface area contributed by atoms with Gasteiger partial charge in [-0.2, -0.15) is 0 Å². The molecule has 1 amide bonds. The van der Waals surface area contributed by atoms with Crippen LogP contribution in [0.5, 0.6) is 5.88 Å². The van der Waals surface area contributed by atoms with E-state index in [9.17, 15) is 4.79 Å². The summed E-state index contributed by atoms with van der Waals surface area (Å²) >= 11 is 0. The van der Waals surface area contributed by atoms with Crippen LogP contribution in [0.4, 0.5) is 5.69 Å². The molecule has 0 unspecified atom stereocenters. The van der Waals surface area contributed by atoms with Crippen LogP contribution in [0.1, 0.15) is 26.7 Å². The molecule has 23 heavy (non-hydrogen) atoms. The van der Waals surface area contributed by atoms with Gasteiger partial charge in [0, 0.05) is 31.9 Å². The van der Waals surface area contributed by atoms with Crippen LogP contribution in [0, 0.1) is 5.92 Å². The zero-order valence-electron chi connectivity index (χ0n) is 13.8. The van der Waals surface area contributed by atoms with Gasteiger partial charge in [-0.05, 0) is 44.9 Å². The number of nitrogens with zero attached hydrogens (tertiary/aromatic N) is 2. The van der Waals surface area contributed by atoms with E-state index >= 15 is 0 Å². The van der Waals surface area contributed by atoms with Crippen molar-refractivity contribution in [3.8, 4) is 5.88 Å². The largest absolute Gasteiger partial charge is 0.473 e. The fourth-order valence-electron chi connectivity index (χ4n) is 2.83. The zero-order chi connectivity index (χ0) is 16.4. The van der Waals surface area contributed by atoms with Gasteiger partial charge in [0.2, 0.25) is 11.8 Å². The third-order valence-electron chi connectivity index (χ3n) is 4.02. The lowest BCUT2D eigenvalue weighted by Gasteiger charge is -2.21. The normalized spacial score (nSPS) is 16.0. The van der Waals surface area contributed by atoms with E-state index in [1.165, 1.54) is 0 Å². The molecule has 1 aromatic carbocycles. The number of hydrogen-bond donors (Lipinski definition) is 1. The number of carbonyl (C=O) groups is 1. The summed E-state index contributed by atoms with van der Waals surface area (Å²) in [6.45, 7) is 5.26. The molecule has 6 heteroatoms. The summed E-state index contributed by atoms with van der Waals surface area (Å²) in [4.78, 5) is 12.4. The molecule has 1 saturated heterocycles. The number of benzene rings is 1. The van der Waals surface area contributed by atoms with Crippen molar-refractivity contribution in [1.29, 1.82) is 0 Å². The van der Waals surface area contributed by atoms with Gasteiger partial charge in [-0.1, -0.05) is 0 Å². The summed E-state index contributed by atoms with van der Waals surface area (Å²) < 4.78 is 12.9. The first kappa shape index (κ1) is 15.8. The van der Waals surface area contributed by atoms with Crippen LogP contribution < -0.4 is 10.1 Å². The van der Waals surface area contributed by atoms with Crippen molar-refractivity contribution in [2.24, 2.45) is 13.0 Å². The van der Waals surface area contributed by atoms with Gasteiger partial charge in [-0.3, -0.25) is 9.48 Å². The maximum atomic E-state index is 12.4. The van der Waals surface area contributed by atoms with E-state index < -0.39 is 0 Å². The third kappa shape index (κ3) is 3.47. The molecule has 1 aliphatic heterocycles. The zero-order valence-corrected chi connectivity index (χ0v) is 13.8. The number of amides is 1. The summed E-state index contributed by atoms with van der Waals surface area (Å²) in [5.74, 6) is 0.683. The molecule has 1 fully saturated rings. The summed E-state index contributed by atoms with van der Waals surface area (Å²) in [7, 11) is 1.88. The second-order valence-corrected chi connectivity index (χ2v) is 6.20. The number of ether oxygens (including phenoxy) is 2. The Balaban J connectivity index is 1.82. The molecule has 0 spiro atoms. The van der Waals surface area contributed by atoms with Gasteiger partial charge in [0.1, 0.15) is 0 Å². The Hall–Kier alpha value is -2.08. The highest BCUT2D eigenvalue weighted by Crippen LogP contribution is 2.28. The van der Waals surface area contributed by atoms with Gasteiger partial charge in [0.25, 0.3) is 0 Å². The van der Waals surface area contributed by atoms with Crippen LogP contribution in [0.2, 0.25) is 0 Å². The van der Waals surface area contributed by atoms with Crippen molar-refractivity contribution < 1.29 is 14.3 Å². The van der Waals surface area contributed by atoms with E-state index in [2.05, 4.69) is 10.4 Å². The molecule has 2 heterocycles. The van der Waals surface area contributed by atoms with Gasteiger partial charge in [0.15, 0.2) is 0 Å². The summed E-state index contributed by atoms with van der Waals surface area (Å²) in [5, 5.41) is 8.32. The van der Waals surface area contributed by atoms with Gasteiger partial charge in [-0.25, -0.2) is 0 Å². The predicted molar refractivity (Wildman–Crippen MR) is 88.7 cm³/mol. The first-order valence-corrected chi connectivity index (χ1v) is 8.06. The molecule has 3 rings (SSSR count). The summed E-state index contributed by atoms with van der Waals surface area (Å²) in [6, 6.07) is 5.78.